The van der Waals surface area contributed by atoms with E-state index in [-0.39, 0.29) is 25.7 Å². The highest BCUT2D eigenvalue weighted by Crippen LogP contribution is 2.34. The Hall–Kier alpha value is -2.25. The number of ether oxygens (including phenoxy) is 3. The van der Waals surface area contributed by atoms with Crippen molar-refractivity contribution >= 4 is 10.0 Å². The van der Waals surface area contributed by atoms with Crippen molar-refractivity contribution in [2.24, 2.45) is 0 Å². The summed E-state index contributed by atoms with van der Waals surface area (Å²) in [6, 6.07) is 14.3. The molecule has 0 bridgehead atoms. The van der Waals surface area contributed by atoms with Gasteiger partial charge in [-0.25, -0.2) is 13.1 Å². The third kappa shape index (κ3) is 4.37. The summed E-state index contributed by atoms with van der Waals surface area (Å²) in [5.41, 5.74) is 0.747. The molecule has 0 aromatic heterocycles. The first-order valence-corrected chi connectivity index (χ1v) is 8.81. The first-order chi connectivity index (χ1) is 11.1. The Balaban J connectivity index is 1.46. The van der Waals surface area contributed by atoms with Gasteiger partial charge in [0.15, 0.2) is 11.5 Å². The Morgan fingerprint density at radius 1 is 1.04 bits per heavy atom. The summed E-state index contributed by atoms with van der Waals surface area (Å²) in [6.07, 6.45) is 0. The van der Waals surface area contributed by atoms with Crippen molar-refractivity contribution in [3.63, 3.8) is 0 Å². The SMILES string of the molecule is O=S(=O)(Cc1ccccc1)NCCOc1ccc2c(c1)OCO2. The Kier molecular flexibility index (Phi) is 4.68. The average Bonchev–Trinajstić information content (AvgIpc) is 3.00. The van der Waals surface area contributed by atoms with Crippen LogP contribution in [0.1, 0.15) is 5.56 Å². The van der Waals surface area contributed by atoms with E-state index in [0.717, 1.165) is 5.56 Å². The monoisotopic (exact) mass is 335 g/mol. The van der Waals surface area contributed by atoms with Gasteiger partial charge in [0.1, 0.15) is 12.4 Å². The summed E-state index contributed by atoms with van der Waals surface area (Å²) in [7, 11) is -3.37. The molecule has 23 heavy (non-hydrogen) atoms. The number of sulfonamides is 1. The Labute approximate surface area is 135 Å². The van der Waals surface area contributed by atoms with Crippen LogP contribution in [-0.4, -0.2) is 28.4 Å². The van der Waals surface area contributed by atoms with Gasteiger partial charge in [-0.1, -0.05) is 30.3 Å². The molecule has 0 spiro atoms. The van der Waals surface area contributed by atoms with Gasteiger partial charge in [0, 0.05) is 12.6 Å². The molecule has 1 aliphatic rings. The van der Waals surface area contributed by atoms with Crippen LogP contribution in [0.4, 0.5) is 0 Å². The molecule has 0 amide bonds. The van der Waals surface area contributed by atoms with E-state index in [1.165, 1.54) is 0 Å². The quantitative estimate of drug-likeness (QED) is 0.783. The second kappa shape index (κ2) is 6.89. The summed E-state index contributed by atoms with van der Waals surface area (Å²) in [4.78, 5) is 0. The van der Waals surface area contributed by atoms with Crippen molar-refractivity contribution in [3.8, 4) is 17.2 Å². The molecule has 0 radical (unpaired) electrons. The zero-order chi connectivity index (χ0) is 16.1. The maximum atomic E-state index is 12.0. The normalized spacial score (nSPS) is 13.0. The Morgan fingerprint density at radius 3 is 2.65 bits per heavy atom. The second-order valence-corrected chi connectivity index (χ2v) is 6.81. The van der Waals surface area contributed by atoms with Crippen molar-refractivity contribution in [2.45, 2.75) is 5.75 Å². The van der Waals surface area contributed by atoms with E-state index in [9.17, 15) is 8.42 Å². The molecule has 0 saturated heterocycles. The predicted octanol–water partition coefficient (Wildman–Crippen LogP) is 1.91. The van der Waals surface area contributed by atoms with Crippen molar-refractivity contribution in [2.75, 3.05) is 19.9 Å². The molecule has 6 nitrogen and oxygen atoms in total. The molecule has 1 N–H and O–H groups in total. The van der Waals surface area contributed by atoms with Crippen LogP contribution < -0.4 is 18.9 Å². The first kappa shape index (κ1) is 15.6. The van der Waals surface area contributed by atoms with E-state index in [4.69, 9.17) is 14.2 Å². The van der Waals surface area contributed by atoms with Crippen LogP contribution in [0.25, 0.3) is 0 Å². The van der Waals surface area contributed by atoms with E-state index in [2.05, 4.69) is 4.72 Å². The lowest BCUT2D eigenvalue weighted by Gasteiger charge is -2.09. The number of fused-ring (bicyclic) bond motifs is 1. The van der Waals surface area contributed by atoms with Gasteiger partial charge in [-0.05, 0) is 17.7 Å². The van der Waals surface area contributed by atoms with E-state index in [0.29, 0.717) is 17.2 Å². The van der Waals surface area contributed by atoms with Crippen LogP contribution in [0, 0.1) is 0 Å². The topological polar surface area (TPSA) is 73.9 Å². The lowest BCUT2D eigenvalue weighted by Crippen LogP contribution is -2.29. The van der Waals surface area contributed by atoms with Crippen molar-refractivity contribution < 1.29 is 22.6 Å². The standard InChI is InChI=1S/C16H17NO5S/c18-23(19,11-13-4-2-1-3-5-13)17-8-9-20-14-6-7-15-16(10-14)22-12-21-15/h1-7,10,17H,8-9,11-12H2. The highest BCUT2D eigenvalue weighted by molar-refractivity contribution is 7.88. The summed E-state index contributed by atoms with van der Waals surface area (Å²) in [6.45, 7) is 0.634. The lowest BCUT2D eigenvalue weighted by molar-refractivity contribution is 0.173. The minimum Gasteiger partial charge on any atom is -0.492 e. The molecular formula is C16H17NO5S. The molecular weight excluding hydrogens is 318 g/mol. The van der Waals surface area contributed by atoms with Gasteiger partial charge < -0.3 is 14.2 Å². The summed E-state index contributed by atoms with van der Waals surface area (Å²) < 4.78 is 42.4. The zero-order valence-electron chi connectivity index (χ0n) is 12.4. The van der Waals surface area contributed by atoms with Crippen LogP contribution in [-0.2, 0) is 15.8 Å². The van der Waals surface area contributed by atoms with Gasteiger partial charge in [0.25, 0.3) is 0 Å². The zero-order valence-corrected chi connectivity index (χ0v) is 13.2. The Morgan fingerprint density at radius 2 is 1.83 bits per heavy atom. The van der Waals surface area contributed by atoms with Gasteiger partial charge in [-0.3, -0.25) is 0 Å². The predicted molar refractivity (Wildman–Crippen MR) is 85.1 cm³/mol. The molecule has 0 fully saturated rings. The molecule has 1 aliphatic heterocycles. The molecule has 0 saturated carbocycles. The van der Waals surface area contributed by atoms with Crippen molar-refractivity contribution in [1.82, 2.24) is 4.72 Å². The third-order valence-corrected chi connectivity index (χ3v) is 4.59. The molecule has 1 heterocycles. The molecule has 3 rings (SSSR count). The maximum Gasteiger partial charge on any atom is 0.231 e. The molecule has 7 heteroatoms. The van der Waals surface area contributed by atoms with E-state index in [1.54, 1.807) is 30.3 Å². The maximum absolute atomic E-state index is 12.0. The lowest BCUT2D eigenvalue weighted by atomic mass is 10.2. The molecule has 0 atom stereocenters. The van der Waals surface area contributed by atoms with Crippen molar-refractivity contribution in [1.29, 1.82) is 0 Å². The summed E-state index contributed by atoms with van der Waals surface area (Å²) >= 11 is 0. The number of rotatable bonds is 7. The largest absolute Gasteiger partial charge is 0.492 e. The molecule has 0 aliphatic carbocycles. The van der Waals surface area contributed by atoms with Crippen LogP contribution in [0.3, 0.4) is 0 Å². The van der Waals surface area contributed by atoms with Gasteiger partial charge in [0.2, 0.25) is 16.8 Å². The second-order valence-electron chi connectivity index (χ2n) is 5.00. The fraction of sp³-hybridized carbons (Fsp3) is 0.250. The fourth-order valence-electron chi connectivity index (χ4n) is 2.18. The fourth-order valence-corrected chi connectivity index (χ4v) is 3.31. The van der Waals surface area contributed by atoms with Gasteiger partial charge >= 0.3 is 0 Å². The smallest absolute Gasteiger partial charge is 0.231 e. The summed E-state index contributed by atoms with van der Waals surface area (Å²) in [5.74, 6) is 1.88. The highest BCUT2D eigenvalue weighted by atomic mass is 32.2. The van der Waals surface area contributed by atoms with Gasteiger partial charge in [-0.2, -0.15) is 0 Å². The van der Waals surface area contributed by atoms with Gasteiger partial charge in [-0.15, -0.1) is 0 Å². The number of nitrogens with one attached hydrogen (secondary N) is 1. The van der Waals surface area contributed by atoms with Crippen molar-refractivity contribution in [3.05, 3.63) is 54.1 Å². The van der Waals surface area contributed by atoms with E-state index in [1.807, 2.05) is 18.2 Å². The minimum atomic E-state index is -3.37. The number of hydrogen-bond donors (Lipinski definition) is 1. The molecule has 2 aromatic carbocycles. The van der Waals surface area contributed by atoms with E-state index < -0.39 is 10.0 Å². The average molecular weight is 335 g/mol. The van der Waals surface area contributed by atoms with E-state index >= 15 is 0 Å². The third-order valence-electron chi connectivity index (χ3n) is 3.24. The molecule has 2 aromatic rings. The number of hydrogen-bond acceptors (Lipinski definition) is 5. The number of benzene rings is 2. The van der Waals surface area contributed by atoms with Crippen LogP contribution in [0.15, 0.2) is 48.5 Å². The summed E-state index contributed by atoms with van der Waals surface area (Å²) in [5, 5.41) is 0. The highest BCUT2D eigenvalue weighted by Gasteiger charge is 2.14. The Bertz CT molecular complexity index is 761. The first-order valence-electron chi connectivity index (χ1n) is 7.16. The van der Waals surface area contributed by atoms with Crippen LogP contribution in [0.5, 0.6) is 17.2 Å². The molecule has 0 unspecified atom stereocenters. The van der Waals surface area contributed by atoms with Gasteiger partial charge in [0.05, 0.1) is 5.75 Å². The van der Waals surface area contributed by atoms with Crippen LogP contribution in [0.2, 0.25) is 0 Å². The molecule has 122 valence electrons. The minimum absolute atomic E-state index is 0.0438. The van der Waals surface area contributed by atoms with Crippen LogP contribution >= 0.6 is 0 Å².